The summed E-state index contributed by atoms with van der Waals surface area (Å²) in [4.78, 5) is 8.25. The molecule has 0 radical (unpaired) electrons. The molecular weight excluding hydrogens is 529 g/mol. The largest absolute Gasteiger partial charge is 0.310 e. The van der Waals surface area contributed by atoms with Crippen LogP contribution >= 0.6 is 11.3 Å². The average molecular weight is 555 g/mol. The van der Waals surface area contributed by atoms with Crippen LogP contribution in [-0.2, 0) is 0 Å². The van der Waals surface area contributed by atoms with Crippen LogP contribution in [0.2, 0.25) is 0 Å². The van der Waals surface area contributed by atoms with E-state index in [4.69, 9.17) is 4.98 Å². The molecule has 0 aliphatic carbocycles. The predicted octanol–water partition coefficient (Wildman–Crippen LogP) is 11.4. The predicted molar refractivity (Wildman–Crippen MR) is 180 cm³/mol. The van der Waals surface area contributed by atoms with E-state index >= 15 is 0 Å². The molecule has 0 unspecified atom stereocenters. The van der Waals surface area contributed by atoms with E-state index in [1.165, 1.54) is 48.5 Å². The van der Waals surface area contributed by atoms with Crippen LogP contribution in [0.3, 0.4) is 0 Å². The highest BCUT2D eigenvalue weighted by Crippen LogP contribution is 2.46. The van der Waals surface area contributed by atoms with E-state index in [1.807, 2.05) is 6.20 Å². The minimum absolute atomic E-state index is 1.05. The lowest BCUT2D eigenvalue weighted by Crippen LogP contribution is -2.11. The zero-order valence-corrected chi connectivity index (χ0v) is 23.6. The smallest absolute Gasteiger partial charge is 0.126 e. The second kappa shape index (κ2) is 10.3. The summed E-state index contributed by atoms with van der Waals surface area (Å²) in [6, 6.07) is 54.3. The van der Waals surface area contributed by atoms with Gasteiger partial charge in [0, 0.05) is 33.0 Å². The van der Waals surface area contributed by atoms with E-state index in [0.29, 0.717) is 0 Å². The molecule has 0 aliphatic rings. The van der Waals surface area contributed by atoms with E-state index in [1.54, 1.807) is 11.3 Å². The number of fused-ring (bicyclic) bond motifs is 4. The van der Waals surface area contributed by atoms with Crippen LogP contribution in [0.4, 0.5) is 17.1 Å². The molecular formula is C39H26N2S. The summed E-state index contributed by atoms with van der Waals surface area (Å²) in [6.45, 7) is 0. The molecule has 0 N–H and O–H groups in total. The van der Waals surface area contributed by atoms with Crippen molar-refractivity contribution in [2.45, 2.75) is 0 Å². The Morgan fingerprint density at radius 2 is 1.14 bits per heavy atom. The molecule has 0 atom stereocenters. The molecule has 2 nitrogen and oxygen atoms in total. The zero-order chi connectivity index (χ0) is 27.9. The molecule has 0 amide bonds. The van der Waals surface area contributed by atoms with Crippen molar-refractivity contribution in [2.24, 2.45) is 0 Å². The van der Waals surface area contributed by atoms with Gasteiger partial charge in [-0.1, -0.05) is 115 Å². The Morgan fingerprint density at radius 3 is 1.93 bits per heavy atom. The fourth-order valence-electron chi connectivity index (χ4n) is 5.96. The van der Waals surface area contributed by atoms with Crippen molar-refractivity contribution < 1.29 is 0 Å². The lowest BCUT2D eigenvalue weighted by atomic mass is 9.96. The van der Waals surface area contributed by atoms with Crippen molar-refractivity contribution in [3.63, 3.8) is 0 Å². The van der Waals surface area contributed by atoms with Crippen molar-refractivity contribution in [3.8, 4) is 22.3 Å². The Labute approximate surface area is 248 Å². The number of pyridine rings is 1. The normalized spacial score (nSPS) is 11.3. The molecule has 0 spiro atoms. The third-order valence-corrected chi connectivity index (χ3v) is 9.00. The lowest BCUT2D eigenvalue weighted by molar-refractivity contribution is 1.29. The van der Waals surface area contributed by atoms with Gasteiger partial charge < -0.3 is 4.90 Å². The zero-order valence-electron chi connectivity index (χ0n) is 22.8. The van der Waals surface area contributed by atoms with Crippen molar-refractivity contribution in [1.82, 2.24) is 4.98 Å². The number of hydrogen-bond donors (Lipinski definition) is 0. The first-order valence-corrected chi connectivity index (χ1v) is 15.0. The molecule has 0 fully saturated rings. The summed E-state index contributed by atoms with van der Waals surface area (Å²) in [5.41, 5.74) is 8.17. The van der Waals surface area contributed by atoms with E-state index in [-0.39, 0.29) is 0 Å². The van der Waals surface area contributed by atoms with Crippen molar-refractivity contribution in [3.05, 3.63) is 158 Å². The minimum atomic E-state index is 1.05. The second-order valence-electron chi connectivity index (χ2n) is 10.4. The topological polar surface area (TPSA) is 16.1 Å². The van der Waals surface area contributed by atoms with Crippen LogP contribution in [0.1, 0.15) is 0 Å². The van der Waals surface area contributed by atoms with Crippen molar-refractivity contribution in [2.75, 3.05) is 4.90 Å². The quantitative estimate of drug-likeness (QED) is 0.210. The Balaban J connectivity index is 1.41. The summed E-state index contributed by atoms with van der Waals surface area (Å²) in [5, 5.41) is 4.86. The van der Waals surface area contributed by atoms with Crippen LogP contribution in [-0.4, -0.2) is 4.98 Å². The first kappa shape index (κ1) is 24.5. The molecule has 0 aliphatic heterocycles. The summed E-state index contributed by atoms with van der Waals surface area (Å²) >= 11 is 1.75. The first-order valence-electron chi connectivity index (χ1n) is 14.1. The van der Waals surface area contributed by atoms with Gasteiger partial charge in [-0.3, -0.25) is 0 Å². The monoisotopic (exact) mass is 554 g/mol. The van der Waals surface area contributed by atoms with Crippen LogP contribution in [0.15, 0.2) is 158 Å². The molecule has 0 saturated heterocycles. The second-order valence-corrected chi connectivity index (χ2v) is 11.5. The van der Waals surface area contributed by atoms with Gasteiger partial charge in [0.1, 0.15) is 4.83 Å². The van der Waals surface area contributed by atoms with E-state index in [0.717, 1.165) is 21.9 Å². The van der Waals surface area contributed by atoms with Gasteiger partial charge in [0.05, 0.1) is 5.69 Å². The fourth-order valence-corrected chi connectivity index (χ4v) is 7.02. The number of anilines is 3. The average Bonchev–Trinajstić information content (AvgIpc) is 3.45. The highest BCUT2D eigenvalue weighted by Gasteiger charge is 2.20. The molecule has 3 heteroatoms. The van der Waals surface area contributed by atoms with Gasteiger partial charge in [0.25, 0.3) is 0 Å². The Hall–Kier alpha value is -5.25. The molecule has 8 aromatic rings. The van der Waals surface area contributed by atoms with Gasteiger partial charge in [-0.25, -0.2) is 4.98 Å². The number of aromatic nitrogens is 1. The van der Waals surface area contributed by atoms with E-state index in [2.05, 4.69) is 157 Å². The Morgan fingerprint density at radius 1 is 0.500 bits per heavy atom. The number of benzene rings is 6. The van der Waals surface area contributed by atoms with Crippen LogP contribution in [0.5, 0.6) is 0 Å². The SMILES string of the molecule is c1ccc(-c2ccc(N(c3cc(-c4ccccc4)c4ccccc4c3)c3ccnc4sc5ccccc5c34)cc2)cc1. The van der Waals surface area contributed by atoms with Gasteiger partial charge in [0.15, 0.2) is 0 Å². The van der Waals surface area contributed by atoms with Crippen molar-refractivity contribution in [1.29, 1.82) is 0 Å². The van der Waals surface area contributed by atoms with Crippen LogP contribution in [0.25, 0.3) is 53.3 Å². The Bertz CT molecular complexity index is 2180. The van der Waals surface area contributed by atoms with Gasteiger partial charge in [-0.15, -0.1) is 11.3 Å². The molecule has 2 aromatic heterocycles. The molecule has 2 heterocycles. The number of nitrogens with zero attached hydrogens (tertiary/aromatic N) is 2. The van der Waals surface area contributed by atoms with Crippen LogP contribution in [0, 0.1) is 0 Å². The highest BCUT2D eigenvalue weighted by molar-refractivity contribution is 7.25. The Kier molecular flexibility index (Phi) is 6.02. The number of thiophene rings is 1. The highest BCUT2D eigenvalue weighted by atomic mass is 32.1. The number of hydrogen-bond acceptors (Lipinski definition) is 3. The van der Waals surface area contributed by atoms with Gasteiger partial charge in [0.2, 0.25) is 0 Å². The molecule has 198 valence electrons. The maximum atomic E-state index is 4.81. The van der Waals surface area contributed by atoms with Gasteiger partial charge in [-0.05, 0) is 69.4 Å². The molecule has 42 heavy (non-hydrogen) atoms. The lowest BCUT2D eigenvalue weighted by Gasteiger charge is -2.27. The first-order chi connectivity index (χ1) is 20.8. The third kappa shape index (κ3) is 4.23. The van der Waals surface area contributed by atoms with Gasteiger partial charge >= 0.3 is 0 Å². The van der Waals surface area contributed by atoms with E-state index in [9.17, 15) is 0 Å². The summed E-state index contributed by atoms with van der Waals surface area (Å²) in [5.74, 6) is 0. The fraction of sp³-hybridized carbons (Fsp3) is 0. The minimum Gasteiger partial charge on any atom is -0.310 e. The standard InChI is InChI=1S/C39H26N2S/c1-3-11-27(12-4-1)28-19-21-31(22-20-28)41(36-23-24-40-39-38(36)34-17-9-10-18-37(34)42-39)32-25-30-15-7-8-16-33(30)35(26-32)29-13-5-2-6-14-29/h1-26H. The molecule has 0 saturated carbocycles. The molecule has 0 bridgehead atoms. The maximum absolute atomic E-state index is 4.81. The number of rotatable bonds is 5. The summed E-state index contributed by atoms with van der Waals surface area (Å²) in [6.07, 6.45) is 1.94. The van der Waals surface area contributed by atoms with Gasteiger partial charge in [-0.2, -0.15) is 0 Å². The summed E-state index contributed by atoms with van der Waals surface area (Å²) < 4.78 is 1.25. The van der Waals surface area contributed by atoms with Crippen molar-refractivity contribution >= 4 is 59.5 Å². The van der Waals surface area contributed by atoms with E-state index < -0.39 is 0 Å². The van der Waals surface area contributed by atoms with Crippen LogP contribution < -0.4 is 4.90 Å². The molecule has 6 aromatic carbocycles. The molecule has 8 rings (SSSR count). The maximum Gasteiger partial charge on any atom is 0.126 e. The third-order valence-electron chi connectivity index (χ3n) is 7.92. The summed E-state index contributed by atoms with van der Waals surface area (Å²) in [7, 11) is 0.